The predicted octanol–water partition coefficient (Wildman–Crippen LogP) is 3.23. The number of carbonyl (C=O) groups excluding carboxylic acids is 2. The molecule has 1 aromatic heterocycles. The van der Waals surface area contributed by atoms with Gasteiger partial charge in [-0.3, -0.25) is 9.59 Å². The number of piperidine rings is 1. The molecule has 1 fully saturated rings. The lowest BCUT2D eigenvalue weighted by molar-refractivity contribution is 0.0692. The lowest BCUT2D eigenvalue weighted by Gasteiger charge is -2.31. The van der Waals surface area contributed by atoms with E-state index in [9.17, 15) is 9.59 Å². The highest BCUT2D eigenvalue weighted by Gasteiger charge is 2.26. The number of carbonyl (C=O) groups is 2. The van der Waals surface area contributed by atoms with Gasteiger partial charge in [0.25, 0.3) is 11.8 Å². The SMILES string of the molecule is Cc1cccc(C(=O)NC2CCN(C(=O)c3cn(-c4cc(C)cc(C)c4)nn3)CC2)c1. The summed E-state index contributed by atoms with van der Waals surface area (Å²) >= 11 is 0. The van der Waals surface area contributed by atoms with Crippen LogP contribution in [0.25, 0.3) is 5.69 Å². The molecule has 31 heavy (non-hydrogen) atoms. The monoisotopic (exact) mass is 417 g/mol. The molecule has 0 spiro atoms. The summed E-state index contributed by atoms with van der Waals surface area (Å²) < 4.78 is 1.64. The summed E-state index contributed by atoms with van der Waals surface area (Å²) in [4.78, 5) is 27.1. The number of nitrogens with one attached hydrogen (secondary N) is 1. The third kappa shape index (κ3) is 4.82. The standard InChI is InChI=1S/C24H27N5O2/c1-16-5-4-6-19(12-16)23(30)25-20-7-9-28(10-8-20)24(31)22-15-29(27-26-22)21-13-17(2)11-18(3)14-21/h4-6,11-15,20H,7-10H2,1-3H3,(H,25,30). The Hall–Kier alpha value is -3.48. The van der Waals surface area contributed by atoms with Crippen LogP contribution in [0.2, 0.25) is 0 Å². The summed E-state index contributed by atoms with van der Waals surface area (Å²) in [5.41, 5.74) is 5.22. The summed E-state index contributed by atoms with van der Waals surface area (Å²) in [6, 6.07) is 13.7. The molecule has 1 aliphatic rings. The summed E-state index contributed by atoms with van der Waals surface area (Å²) in [5.74, 6) is -0.191. The topological polar surface area (TPSA) is 80.1 Å². The highest BCUT2D eigenvalue weighted by Crippen LogP contribution is 2.16. The van der Waals surface area contributed by atoms with E-state index in [1.54, 1.807) is 15.8 Å². The minimum Gasteiger partial charge on any atom is -0.349 e. The fourth-order valence-corrected chi connectivity index (χ4v) is 4.01. The fraction of sp³-hybridized carbons (Fsp3) is 0.333. The smallest absolute Gasteiger partial charge is 0.276 e. The van der Waals surface area contributed by atoms with Crippen molar-refractivity contribution in [2.75, 3.05) is 13.1 Å². The van der Waals surface area contributed by atoms with Crippen LogP contribution in [-0.4, -0.2) is 50.8 Å². The average Bonchev–Trinajstić information content (AvgIpc) is 3.23. The fourth-order valence-electron chi connectivity index (χ4n) is 4.01. The quantitative estimate of drug-likeness (QED) is 0.707. The molecule has 0 unspecified atom stereocenters. The number of amides is 2. The first-order chi connectivity index (χ1) is 14.9. The van der Waals surface area contributed by atoms with Crippen molar-refractivity contribution in [2.45, 2.75) is 39.7 Å². The molecular weight excluding hydrogens is 390 g/mol. The van der Waals surface area contributed by atoms with Crippen molar-refractivity contribution in [1.82, 2.24) is 25.2 Å². The van der Waals surface area contributed by atoms with Crippen LogP contribution in [0, 0.1) is 20.8 Å². The first-order valence-corrected chi connectivity index (χ1v) is 10.6. The van der Waals surface area contributed by atoms with Gasteiger partial charge in [0.15, 0.2) is 5.69 Å². The molecule has 0 atom stereocenters. The van der Waals surface area contributed by atoms with Crippen LogP contribution >= 0.6 is 0 Å². The number of aromatic nitrogens is 3. The van der Waals surface area contributed by atoms with Gasteiger partial charge in [-0.25, -0.2) is 4.68 Å². The van der Waals surface area contributed by atoms with Crippen molar-refractivity contribution < 1.29 is 9.59 Å². The molecule has 1 aliphatic heterocycles. The largest absolute Gasteiger partial charge is 0.349 e. The Morgan fingerprint density at radius 1 is 0.968 bits per heavy atom. The van der Waals surface area contributed by atoms with Crippen LogP contribution in [0.15, 0.2) is 48.7 Å². The van der Waals surface area contributed by atoms with Gasteiger partial charge in [0, 0.05) is 24.7 Å². The molecule has 7 heteroatoms. The molecule has 0 bridgehead atoms. The molecule has 2 aromatic carbocycles. The molecule has 160 valence electrons. The molecule has 0 saturated carbocycles. The summed E-state index contributed by atoms with van der Waals surface area (Å²) in [6.45, 7) is 7.18. The molecule has 0 radical (unpaired) electrons. The van der Waals surface area contributed by atoms with Crippen LogP contribution in [0.4, 0.5) is 0 Å². The van der Waals surface area contributed by atoms with E-state index in [1.807, 2.05) is 57.2 Å². The highest BCUT2D eigenvalue weighted by molar-refractivity contribution is 5.94. The third-order valence-corrected chi connectivity index (χ3v) is 5.58. The van der Waals surface area contributed by atoms with E-state index in [0.717, 1.165) is 22.4 Å². The van der Waals surface area contributed by atoms with E-state index in [2.05, 4.69) is 21.7 Å². The van der Waals surface area contributed by atoms with Crippen LogP contribution in [0.5, 0.6) is 0 Å². The van der Waals surface area contributed by atoms with Crippen LogP contribution in [0.3, 0.4) is 0 Å². The average molecular weight is 418 g/mol. The summed E-state index contributed by atoms with van der Waals surface area (Å²) in [5, 5.41) is 11.3. The van der Waals surface area contributed by atoms with Crippen molar-refractivity contribution in [3.8, 4) is 5.69 Å². The Morgan fingerprint density at radius 2 is 1.68 bits per heavy atom. The van der Waals surface area contributed by atoms with Gasteiger partial charge in [0.1, 0.15) is 0 Å². The summed E-state index contributed by atoms with van der Waals surface area (Å²) in [6.07, 6.45) is 3.12. The molecule has 1 N–H and O–H groups in total. The Bertz CT molecular complexity index is 1090. The van der Waals surface area contributed by atoms with Crippen molar-refractivity contribution in [2.24, 2.45) is 0 Å². The van der Waals surface area contributed by atoms with Crippen molar-refractivity contribution in [3.63, 3.8) is 0 Å². The van der Waals surface area contributed by atoms with E-state index in [-0.39, 0.29) is 17.9 Å². The van der Waals surface area contributed by atoms with Gasteiger partial charge in [-0.1, -0.05) is 29.0 Å². The van der Waals surface area contributed by atoms with Gasteiger partial charge < -0.3 is 10.2 Å². The third-order valence-electron chi connectivity index (χ3n) is 5.58. The summed E-state index contributed by atoms with van der Waals surface area (Å²) in [7, 11) is 0. The molecule has 3 aromatic rings. The van der Waals surface area contributed by atoms with Gasteiger partial charge in [-0.2, -0.15) is 0 Å². The van der Waals surface area contributed by atoms with Crippen molar-refractivity contribution in [3.05, 3.63) is 76.6 Å². The number of nitrogens with zero attached hydrogens (tertiary/aromatic N) is 4. The molecular formula is C24H27N5O2. The number of benzene rings is 2. The van der Waals surface area contributed by atoms with Gasteiger partial charge in [0.05, 0.1) is 11.9 Å². The molecule has 7 nitrogen and oxygen atoms in total. The zero-order valence-electron chi connectivity index (χ0n) is 18.1. The maximum Gasteiger partial charge on any atom is 0.276 e. The number of hydrogen-bond donors (Lipinski definition) is 1. The second-order valence-electron chi connectivity index (χ2n) is 8.30. The van der Waals surface area contributed by atoms with E-state index >= 15 is 0 Å². The maximum absolute atomic E-state index is 12.9. The second-order valence-corrected chi connectivity index (χ2v) is 8.30. The minimum atomic E-state index is -0.126. The van der Waals surface area contributed by atoms with Crippen LogP contribution in [-0.2, 0) is 0 Å². The number of hydrogen-bond acceptors (Lipinski definition) is 4. The molecule has 1 saturated heterocycles. The van der Waals surface area contributed by atoms with Gasteiger partial charge in [0.2, 0.25) is 0 Å². The number of likely N-dealkylation sites (tertiary alicyclic amines) is 1. The number of aryl methyl sites for hydroxylation is 3. The molecule has 2 heterocycles. The second kappa shape index (κ2) is 8.71. The Morgan fingerprint density at radius 3 is 2.35 bits per heavy atom. The Balaban J connectivity index is 1.35. The molecule has 4 rings (SSSR count). The Labute approximate surface area is 182 Å². The van der Waals surface area contributed by atoms with Gasteiger partial charge in [-0.15, -0.1) is 5.10 Å². The normalized spacial score (nSPS) is 14.5. The zero-order valence-corrected chi connectivity index (χ0v) is 18.1. The van der Waals surface area contributed by atoms with Crippen molar-refractivity contribution >= 4 is 11.8 Å². The number of rotatable bonds is 4. The van der Waals surface area contributed by atoms with Crippen LogP contribution < -0.4 is 5.32 Å². The van der Waals surface area contributed by atoms with E-state index < -0.39 is 0 Å². The van der Waals surface area contributed by atoms with Crippen molar-refractivity contribution in [1.29, 1.82) is 0 Å². The highest BCUT2D eigenvalue weighted by atomic mass is 16.2. The molecule has 0 aliphatic carbocycles. The maximum atomic E-state index is 12.9. The minimum absolute atomic E-state index is 0.0583. The van der Waals surface area contributed by atoms with E-state index in [1.165, 1.54) is 0 Å². The van der Waals surface area contributed by atoms with Gasteiger partial charge in [-0.05, 0) is 69.0 Å². The molecule has 2 amide bonds. The predicted molar refractivity (Wildman–Crippen MR) is 118 cm³/mol. The van der Waals surface area contributed by atoms with E-state index in [0.29, 0.717) is 37.2 Å². The zero-order chi connectivity index (χ0) is 22.0. The van der Waals surface area contributed by atoms with Crippen LogP contribution in [0.1, 0.15) is 50.4 Å². The van der Waals surface area contributed by atoms with Gasteiger partial charge >= 0.3 is 0 Å². The first-order valence-electron chi connectivity index (χ1n) is 10.6. The lowest BCUT2D eigenvalue weighted by Crippen LogP contribution is -2.46. The lowest BCUT2D eigenvalue weighted by atomic mass is 10.0. The Kier molecular flexibility index (Phi) is 5.84. The van der Waals surface area contributed by atoms with E-state index in [4.69, 9.17) is 0 Å². The first kappa shape index (κ1) is 20.8.